The fourth-order valence-corrected chi connectivity index (χ4v) is 5.40. The normalized spacial score (nSPS) is 15.8. The second-order valence-electron chi connectivity index (χ2n) is 10.2. The summed E-state index contributed by atoms with van der Waals surface area (Å²) < 4.78 is 8.52. The summed E-state index contributed by atoms with van der Waals surface area (Å²) in [5.41, 5.74) is 5.41. The number of para-hydroxylation sites is 2. The van der Waals surface area contributed by atoms with E-state index in [1.54, 1.807) is 0 Å². The van der Waals surface area contributed by atoms with Crippen LogP contribution in [0.3, 0.4) is 0 Å². The molecule has 1 amide bonds. The number of anilines is 1. The molecule has 5 nitrogen and oxygen atoms in total. The summed E-state index contributed by atoms with van der Waals surface area (Å²) in [7, 11) is 0. The SMILES string of the molecule is Cc1ccc(C(C)C)c(OCCCCn2c(C3CC(=O)N(c4cccc(Cl)c4)C3)nc3ccccc32)c1. The first-order chi connectivity index (χ1) is 17.9. The number of carbonyl (C=O) groups is 1. The van der Waals surface area contributed by atoms with Crippen molar-refractivity contribution >= 4 is 34.2 Å². The van der Waals surface area contributed by atoms with Crippen LogP contribution in [-0.4, -0.2) is 28.6 Å². The Balaban J connectivity index is 1.29. The van der Waals surface area contributed by atoms with Crippen molar-refractivity contribution in [1.29, 1.82) is 0 Å². The first-order valence-electron chi connectivity index (χ1n) is 13.1. The molecule has 5 rings (SSSR count). The number of hydrogen-bond acceptors (Lipinski definition) is 3. The van der Waals surface area contributed by atoms with Crippen LogP contribution in [0.2, 0.25) is 5.02 Å². The van der Waals surface area contributed by atoms with Gasteiger partial charge in [0, 0.05) is 36.1 Å². The van der Waals surface area contributed by atoms with Gasteiger partial charge in [0.2, 0.25) is 5.91 Å². The van der Waals surface area contributed by atoms with Crippen molar-refractivity contribution in [1.82, 2.24) is 9.55 Å². The zero-order valence-electron chi connectivity index (χ0n) is 21.8. The second-order valence-corrected chi connectivity index (χ2v) is 10.7. The maximum Gasteiger partial charge on any atom is 0.227 e. The summed E-state index contributed by atoms with van der Waals surface area (Å²) in [5.74, 6) is 2.56. The van der Waals surface area contributed by atoms with Crippen LogP contribution in [-0.2, 0) is 11.3 Å². The predicted molar refractivity (Wildman–Crippen MR) is 151 cm³/mol. The summed E-state index contributed by atoms with van der Waals surface area (Å²) in [6.07, 6.45) is 2.36. The highest BCUT2D eigenvalue weighted by molar-refractivity contribution is 6.30. The van der Waals surface area contributed by atoms with E-state index < -0.39 is 0 Å². The van der Waals surface area contributed by atoms with Crippen molar-refractivity contribution in [3.63, 3.8) is 0 Å². The Bertz CT molecular complexity index is 1410. The molecule has 4 aromatic rings. The topological polar surface area (TPSA) is 47.4 Å². The Morgan fingerprint density at radius 2 is 1.89 bits per heavy atom. The molecule has 0 saturated carbocycles. The van der Waals surface area contributed by atoms with Gasteiger partial charge in [0.15, 0.2) is 0 Å². The maximum absolute atomic E-state index is 13.0. The summed E-state index contributed by atoms with van der Waals surface area (Å²) in [6, 6.07) is 22.2. The molecule has 3 aromatic carbocycles. The van der Waals surface area contributed by atoms with Crippen LogP contribution in [0.5, 0.6) is 5.75 Å². The molecule has 0 bridgehead atoms. The molecule has 6 heteroatoms. The lowest BCUT2D eigenvalue weighted by molar-refractivity contribution is -0.117. The summed E-state index contributed by atoms with van der Waals surface area (Å²) in [5, 5.41) is 0.634. The van der Waals surface area contributed by atoms with Crippen molar-refractivity contribution in [3.05, 3.63) is 88.7 Å². The molecule has 0 spiro atoms. The Hall–Kier alpha value is -3.31. The van der Waals surface area contributed by atoms with Gasteiger partial charge in [-0.3, -0.25) is 4.79 Å². The lowest BCUT2D eigenvalue weighted by Crippen LogP contribution is -2.24. The van der Waals surface area contributed by atoms with Gasteiger partial charge in [-0.2, -0.15) is 0 Å². The smallest absolute Gasteiger partial charge is 0.227 e. The Morgan fingerprint density at radius 3 is 2.70 bits per heavy atom. The van der Waals surface area contributed by atoms with Crippen LogP contribution >= 0.6 is 11.6 Å². The van der Waals surface area contributed by atoms with E-state index in [2.05, 4.69) is 61.7 Å². The first kappa shape index (κ1) is 25.3. The number of rotatable bonds is 9. The monoisotopic (exact) mass is 515 g/mol. The van der Waals surface area contributed by atoms with E-state index >= 15 is 0 Å². The molecule has 1 aliphatic rings. The van der Waals surface area contributed by atoms with Crippen LogP contribution in [0.25, 0.3) is 11.0 Å². The van der Waals surface area contributed by atoms with E-state index in [9.17, 15) is 4.79 Å². The van der Waals surface area contributed by atoms with Crippen LogP contribution in [0.1, 0.15) is 61.9 Å². The molecule has 1 saturated heterocycles. The van der Waals surface area contributed by atoms with Gasteiger partial charge in [0.05, 0.1) is 17.6 Å². The van der Waals surface area contributed by atoms with Crippen LogP contribution in [0.15, 0.2) is 66.7 Å². The Labute approximate surface area is 224 Å². The van der Waals surface area contributed by atoms with Crippen LogP contribution in [0.4, 0.5) is 5.69 Å². The molecule has 0 radical (unpaired) electrons. The molecule has 1 unspecified atom stereocenters. The minimum Gasteiger partial charge on any atom is -0.493 e. The fourth-order valence-electron chi connectivity index (χ4n) is 5.21. The van der Waals surface area contributed by atoms with Crippen LogP contribution < -0.4 is 9.64 Å². The molecule has 1 fully saturated rings. The third-order valence-electron chi connectivity index (χ3n) is 7.12. The van der Waals surface area contributed by atoms with Gasteiger partial charge in [-0.25, -0.2) is 4.98 Å². The van der Waals surface area contributed by atoms with Gasteiger partial charge in [0.25, 0.3) is 0 Å². The molecule has 0 N–H and O–H groups in total. The van der Waals surface area contributed by atoms with Gasteiger partial charge in [-0.15, -0.1) is 0 Å². The van der Waals surface area contributed by atoms with Gasteiger partial charge >= 0.3 is 0 Å². The summed E-state index contributed by atoms with van der Waals surface area (Å²) in [6.45, 7) is 8.62. The first-order valence-corrected chi connectivity index (χ1v) is 13.5. The number of aromatic nitrogens is 2. The summed E-state index contributed by atoms with van der Waals surface area (Å²) in [4.78, 5) is 19.8. The van der Waals surface area contributed by atoms with Crippen LogP contribution in [0, 0.1) is 6.92 Å². The highest BCUT2D eigenvalue weighted by atomic mass is 35.5. The molecular weight excluding hydrogens is 482 g/mol. The molecule has 1 atom stereocenters. The number of amides is 1. The number of benzene rings is 3. The number of unbranched alkanes of at least 4 members (excludes halogenated alkanes) is 1. The number of fused-ring (bicyclic) bond motifs is 1. The fraction of sp³-hybridized carbons (Fsp3) is 0.355. The lowest BCUT2D eigenvalue weighted by atomic mass is 10.0. The molecular formula is C31H34ClN3O2. The third-order valence-corrected chi connectivity index (χ3v) is 7.35. The Kier molecular flexibility index (Phi) is 7.52. The quantitative estimate of drug-likeness (QED) is 0.217. The minimum absolute atomic E-state index is 0.0380. The molecule has 37 heavy (non-hydrogen) atoms. The number of nitrogens with zero attached hydrogens (tertiary/aromatic N) is 3. The van der Waals surface area contributed by atoms with E-state index in [-0.39, 0.29) is 11.8 Å². The largest absolute Gasteiger partial charge is 0.493 e. The number of hydrogen-bond donors (Lipinski definition) is 0. The zero-order chi connectivity index (χ0) is 25.9. The number of aryl methyl sites for hydroxylation is 2. The molecule has 0 aliphatic carbocycles. The standard InChI is InChI=1S/C31H34ClN3O2/c1-21(2)26-14-13-22(3)17-29(26)37-16-7-6-15-34-28-12-5-4-11-27(28)33-31(34)23-18-30(36)35(20-23)25-10-8-9-24(32)19-25/h4-5,8-14,17,19,21,23H,6-7,15-16,18,20H2,1-3H3. The summed E-state index contributed by atoms with van der Waals surface area (Å²) >= 11 is 6.19. The van der Waals surface area contributed by atoms with Crippen molar-refractivity contribution in [2.75, 3.05) is 18.1 Å². The molecule has 2 heterocycles. The highest BCUT2D eigenvalue weighted by Crippen LogP contribution is 2.34. The van der Waals surface area contributed by atoms with Crippen molar-refractivity contribution in [2.24, 2.45) is 0 Å². The number of ether oxygens (including phenoxy) is 1. The van der Waals surface area contributed by atoms with Gasteiger partial charge in [-0.1, -0.05) is 55.8 Å². The van der Waals surface area contributed by atoms with E-state index in [4.69, 9.17) is 21.3 Å². The van der Waals surface area contributed by atoms with Gasteiger partial charge < -0.3 is 14.2 Å². The molecule has 1 aliphatic heterocycles. The number of halogens is 1. The average Bonchev–Trinajstić information content (AvgIpc) is 3.44. The number of imidazole rings is 1. The van der Waals surface area contributed by atoms with E-state index in [0.717, 1.165) is 47.7 Å². The Morgan fingerprint density at radius 1 is 1.05 bits per heavy atom. The van der Waals surface area contributed by atoms with E-state index in [1.807, 2.05) is 35.2 Å². The van der Waals surface area contributed by atoms with Gasteiger partial charge in [-0.05, 0) is 73.2 Å². The van der Waals surface area contributed by atoms with Crippen molar-refractivity contribution in [2.45, 2.75) is 58.4 Å². The molecule has 192 valence electrons. The second kappa shape index (κ2) is 11.0. The van der Waals surface area contributed by atoms with Crippen molar-refractivity contribution in [3.8, 4) is 5.75 Å². The average molecular weight is 516 g/mol. The zero-order valence-corrected chi connectivity index (χ0v) is 22.5. The van der Waals surface area contributed by atoms with Gasteiger partial charge in [0.1, 0.15) is 11.6 Å². The maximum atomic E-state index is 13.0. The minimum atomic E-state index is 0.0380. The highest BCUT2D eigenvalue weighted by Gasteiger charge is 2.34. The van der Waals surface area contributed by atoms with E-state index in [1.165, 1.54) is 11.1 Å². The van der Waals surface area contributed by atoms with E-state index in [0.29, 0.717) is 30.5 Å². The predicted octanol–water partition coefficient (Wildman–Crippen LogP) is 7.50. The van der Waals surface area contributed by atoms with Crippen molar-refractivity contribution < 1.29 is 9.53 Å². The number of carbonyl (C=O) groups excluding carboxylic acids is 1. The lowest BCUT2D eigenvalue weighted by Gasteiger charge is -2.18. The third kappa shape index (κ3) is 5.52. The molecule has 1 aromatic heterocycles.